The van der Waals surface area contributed by atoms with E-state index >= 15 is 0 Å². The standard InChI is InChI=1S/C15H19N5O3/c1-19(2)14(21)13-8-12(17-18-16)9-20(13)15(22)23-10-11-6-4-3-5-7-11/h3-7,12-13H,8-10H2,1-2H3/t12-,13-/m0/s1. The molecule has 122 valence electrons. The van der Waals surface area contributed by atoms with E-state index in [0.29, 0.717) is 6.42 Å². The van der Waals surface area contributed by atoms with Gasteiger partial charge < -0.3 is 9.64 Å². The number of hydrogen-bond acceptors (Lipinski definition) is 4. The summed E-state index contributed by atoms with van der Waals surface area (Å²) in [7, 11) is 3.24. The average Bonchev–Trinajstić information content (AvgIpc) is 2.97. The van der Waals surface area contributed by atoms with Gasteiger partial charge in [-0.15, -0.1) is 0 Å². The van der Waals surface area contributed by atoms with Crippen LogP contribution in [0.1, 0.15) is 12.0 Å². The Labute approximate surface area is 134 Å². The van der Waals surface area contributed by atoms with E-state index in [1.165, 1.54) is 9.80 Å². The summed E-state index contributed by atoms with van der Waals surface area (Å²) in [5.41, 5.74) is 9.43. The summed E-state index contributed by atoms with van der Waals surface area (Å²) < 4.78 is 5.28. The highest BCUT2D eigenvalue weighted by Crippen LogP contribution is 2.23. The van der Waals surface area contributed by atoms with Crippen molar-refractivity contribution in [3.8, 4) is 0 Å². The molecule has 1 saturated heterocycles. The van der Waals surface area contributed by atoms with Gasteiger partial charge in [-0.2, -0.15) is 0 Å². The number of azide groups is 1. The van der Waals surface area contributed by atoms with E-state index in [2.05, 4.69) is 10.0 Å². The lowest BCUT2D eigenvalue weighted by molar-refractivity contribution is -0.133. The van der Waals surface area contributed by atoms with Crippen LogP contribution in [-0.4, -0.2) is 54.5 Å². The molecule has 0 aliphatic carbocycles. The van der Waals surface area contributed by atoms with E-state index in [4.69, 9.17) is 10.3 Å². The molecule has 2 amide bonds. The lowest BCUT2D eigenvalue weighted by Gasteiger charge is -2.25. The maximum Gasteiger partial charge on any atom is 0.410 e. The van der Waals surface area contributed by atoms with E-state index in [0.717, 1.165) is 5.56 Å². The Balaban J connectivity index is 2.05. The summed E-state index contributed by atoms with van der Waals surface area (Å²) in [6.07, 6.45) is -0.272. The fraction of sp³-hybridized carbons (Fsp3) is 0.467. The van der Waals surface area contributed by atoms with Gasteiger partial charge in [-0.05, 0) is 17.5 Å². The van der Waals surface area contributed by atoms with Crippen molar-refractivity contribution in [2.75, 3.05) is 20.6 Å². The number of likely N-dealkylation sites (tertiary alicyclic amines) is 1. The van der Waals surface area contributed by atoms with Crippen molar-refractivity contribution in [3.63, 3.8) is 0 Å². The average molecular weight is 317 g/mol. The molecule has 1 fully saturated rings. The van der Waals surface area contributed by atoms with E-state index in [1.807, 2.05) is 30.3 Å². The minimum absolute atomic E-state index is 0.130. The number of benzene rings is 1. The Morgan fingerprint density at radius 2 is 2.09 bits per heavy atom. The molecule has 0 aromatic heterocycles. The molecule has 0 radical (unpaired) electrons. The highest BCUT2D eigenvalue weighted by atomic mass is 16.6. The monoisotopic (exact) mass is 317 g/mol. The van der Waals surface area contributed by atoms with Gasteiger partial charge in [-0.1, -0.05) is 35.4 Å². The van der Waals surface area contributed by atoms with E-state index < -0.39 is 18.2 Å². The van der Waals surface area contributed by atoms with Gasteiger partial charge in [-0.25, -0.2) is 4.79 Å². The molecular formula is C15H19N5O3. The van der Waals surface area contributed by atoms with Crippen LogP contribution in [0, 0.1) is 0 Å². The van der Waals surface area contributed by atoms with Crippen molar-refractivity contribution in [2.45, 2.75) is 25.1 Å². The van der Waals surface area contributed by atoms with Gasteiger partial charge in [-0.3, -0.25) is 9.69 Å². The zero-order chi connectivity index (χ0) is 16.8. The van der Waals surface area contributed by atoms with Crippen molar-refractivity contribution in [3.05, 3.63) is 46.3 Å². The van der Waals surface area contributed by atoms with Gasteiger partial charge in [0.25, 0.3) is 0 Å². The maximum atomic E-state index is 12.3. The van der Waals surface area contributed by atoms with E-state index in [1.54, 1.807) is 14.1 Å². The highest BCUT2D eigenvalue weighted by molar-refractivity contribution is 5.86. The number of likely N-dealkylation sites (N-methyl/N-ethyl adjacent to an activating group) is 1. The molecular weight excluding hydrogens is 298 g/mol. The summed E-state index contributed by atoms with van der Waals surface area (Å²) in [5.74, 6) is -0.211. The number of carbonyl (C=O) groups is 2. The maximum absolute atomic E-state index is 12.3. The highest BCUT2D eigenvalue weighted by Gasteiger charge is 2.40. The van der Waals surface area contributed by atoms with Crippen LogP contribution in [0.5, 0.6) is 0 Å². The number of hydrogen-bond donors (Lipinski definition) is 0. The first kappa shape index (κ1) is 16.6. The molecule has 0 spiro atoms. The predicted molar refractivity (Wildman–Crippen MR) is 83.4 cm³/mol. The van der Waals surface area contributed by atoms with Crippen molar-refractivity contribution >= 4 is 12.0 Å². The third-order valence-corrected chi connectivity index (χ3v) is 3.66. The fourth-order valence-corrected chi connectivity index (χ4v) is 2.51. The van der Waals surface area contributed by atoms with Gasteiger partial charge in [0.1, 0.15) is 12.6 Å². The Morgan fingerprint density at radius 3 is 2.70 bits per heavy atom. The summed E-state index contributed by atoms with van der Waals surface area (Å²) in [6, 6.07) is 8.21. The largest absolute Gasteiger partial charge is 0.445 e. The number of carbonyl (C=O) groups excluding carboxylic acids is 2. The second-order valence-electron chi connectivity index (χ2n) is 5.54. The van der Waals surface area contributed by atoms with Crippen molar-refractivity contribution in [1.29, 1.82) is 0 Å². The van der Waals surface area contributed by atoms with Crippen LogP contribution >= 0.6 is 0 Å². The SMILES string of the molecule is CN(C)C(=O)[C@@H]1C[C@H](N=[N+]=[N-])CN1C(=O)OCc1ccccc1. The molecule has 0 unspecified atom stereocenters. The Kier molecular flexibility index (Phi) is 5.43. The zero-order valence-electron chi connectivity index (χ0n) is 13.1. The minimum Gasteiger partial charge on any atom is -0.445 e. The summed E-state index contributed by atoms with van der Waals surface area (Å²) in [6.45, 7) is 0.313. The van der Waals surface area contributed by atoms with E-state index in [-0.39, 0.29) is 19.1 Å². The third-order valence-electron chi connectivity index (χ3n) is 3.66. The van der Waals surface area contributed by atoms with Gasteiger partial charge in [0.2, 0.25) is 5.91 Å². The lowest BCUT2D eigenvalue weighted by Crippen LogP contribution is -2.45. The van der Waals surface area contributed by atoms with Gasteiger partial charge >= 0.3 is 6.09 Å². The Bertz CT molecular complexity index is 613. The Morgan fingerprint density at radius 1 is 1.39 bits per heavy atom. The predicted octanol–water partition coefficient (Wildman–Crippen LogP) is 2.16. The topological polar surface area (TPSA) is 98.6 Å². The van der Waals surface area contributed by atoms with Gasteiger partial charge in [0.15, 0.2) is 0 Å². The number of ether oxygens (including phenoxy) is 1. The van der Waals surface area contributed by atoms with Crippen LogP contribution < -0.4 is 0 Å². The molecule has 1 aromatic rings. The fourth-order valence-electron chi connectivity index (χ4n) is 2.51. The molecule has 2 rings (SSSR count). The van der Waals surface area contributed by atoms with E-state index in [9.17, 15) is 9.59 Å². The molecule has 1 aliphatic heterocycles. The van der Waals surface area contributed by atoms with Crippen LogP contribution in [0.25, 0.3) is 10.4 Å². The second kappa shape index (κ2) is 7.51. The van der Waals surface area contributed by atoms with Crippen LogP contribution in [0.15, 0.2) is 35.4 Å². The molecule has 23 heavy (non-hydrogen) atoms. The minimum atomic E-state index is -0.663. The first-order valence-electron chi connectivity index (χ1n) is 7.25. The van der Waals surface area contributed by atoms with Crippen molar-refractivity contribution in [1.82, 2.24) is 9.80 Å². The number of amides is 2. The van der Waals surface area contributed by atoms with Crippen LogP contribution in [0.2, 0.25) is 0 Å². The quantitative estimate of drug-likeness (QED) is 0.483. The third kappa shape index (κ3) is 4.14. The summed E-state index contributed by atoms with van der Waals surface area (Å²) in [4.78, 5) is 30.0. The molecule has 8 nitrogen and oxygen atoms in total. The van der Waals surface area contributed by atoms with Crippen molar-refractivity contribution < 1.29 is 14.3 Å². The summed E-state index contributed by atoms with van der Waals surface area (Å²) in [5, 5.41) is 3.63. The van der Waals surface area contributed by atoms with Gasteiger partial charge in [0.05, 0.1) is 6.04 Å². The molecule has 0 N–H and O–H groups in total. The van der Waals surface area contributed by atoms with Crippen LogP contribution in [-0.2, 0) is 16.1 Å². The second-order valence-corrected chi connectivity index (χ2v) is 5.54. The first-order valence-corrected chi connectivity index (χ1v) is 7.25. The number of nitrogens with zero attached hydrogens (tertiary/aromatic N) is 5. The first-order chi connectivity index (χ1) is 11.0. The Hall–Kier alpha value is -2.73. The van der Waals surface area contributed by atoms with Gasteiger partial charge in [0, 0.05) is 25.6 Å². The molecule has 1 heterocycles. The molecule has 2 atom stereocenters. The molecule has 8 heteroatoms. The molecule has 1 aromatic carbocycles. The normalized spacial score (nSPS) is 19.8. The summed E-state index contributed by atoms with van der Waals surface area (Å²) >= 11 is 0. The van der Waals surface area contributed by atoms with Crippen LogP contribution in [0.3, 0.4) is 0 Å². The molecule has 0 bridgehead atoms. The lowest BCUT2D eigenvalue weighted by atomic mass is 10.1. The number of rotatable bonds is 4. The van der Waals surface area contributed by atoms with Crippen molar-refractivity contribution in [2.24, 2.45) is 5.11 Å². The molecule has 1 aliphatic rings. The smallest absolute Gasteiger partial charge is 0.410 e. The molecule has 0 saturated carbocycles. The zero-order valence-corrected chi connectivity index (χ0v) is 13.1. The van der Waals surface area contributed by atoms with Crippen LogP contribution in [0.4, 0.5) is 4.79 Å².